The molecule has 0 aliphatic heterocycles. The van der Waals surface area contributed by atoms with Crippen molar-refractivity contribution >= 4 is 5.78 Å². The molecule has 0 aromatic carbocycles. The Kier molecular flexibility index (Phi) is 2.34. The molecule has 0 aromatic heterocycles. The number of alkyl halides is 2. The lowest BCUT2D eigenvalue weighted by Gasteiger charge is -2.56. The van der Waals surface area contributed by atoms with Crippen molar-refractivity contribution in [1.29, 1.82) is 0 Å². The zero-order chi connectivity index (χ0) is 11.3. The SMILES string of the molecule is O=C1C2CC3CC1CC(CCC(F)F)(C3)C2. The molecule has 3 heteroatoms. The molecule has 0 radical (unpaired) electrons. The number of carbonyl (C=O) groups excluding carboxylic acids is 1. The minimum atomic E-state index is -2.18. The van der Waals surface area contributed by atoms with Gasteiger partial charge in [0.25, 0.3) is 0 Å². The van der Waals surface area contributed by atoms with E-state index in [-0.39, 0.29) is 23.7 Å². The van der Waals surface area contributed by atoms with Crippen LogP contribution in [0.4, 0.5) is 8.78 Å². The average molecular weight is 228 g/mol. The molecule has 2 unspecified atom stereocenters. The van der Waals surface area contributed by atoms with Gasteiger partial charge in [0.05, 0.1) is 0 Å². The Morgan fingerprint density at radius 2 is 1.81 bits per heavy atom. The van der Waals surface area contributed by atoms with Crippen LogP contribution in [-0.2, 0) is 4.79 Å². The molecule has 4 saturated carbocycles. The normalized spacial score (nSPS) is 45.7. The fourth-order valence-corrected chi connectivity index (χ4v) is 4.63. The van der Waals surface area contributed by atoms with Crippen molar-refractivity contribution in [2.45, 2.75) is 51.4 Å². The largest absolute Gasteiger partial charge is 0.299 e. The molecule has 0 amide bonds. The number of hydrogen-bond acceptors (Lipinski definition) is 1. The molecule has 0 spiro atoms. The summed E-state index contributed by atoms with van der Waals surface area (Å²) in [6.07, 6.45) is 3.51. The minimum absolute atomic E-state index is 0.0281. The highest BCUT2D eigenvalue weighted by Gasteiger charge is 2.54. The number of ketones is 1. The van der Waals surface area contributed by atoms with Crippen LogP contribution in [0, 0.1) is 23.2 Å². The van der Waals surface area contributed by atoms with Gasteiger partial charge in [0, 0.05) is 18.3 Å². The summed E-state index contributed by atoms with van der Waals surface area (Å²) in [4.78, 5) is 11.9. The second kappa shape index (κ2) is 3.51. The molecule has 2 atom stereocenters. The van der Waals surface area contributed by atoms with E-state index < -0.39 is 6.43 Å². The van der Waals surface area contributed by atoms with Gasteiger partial charge in [-0.3, -0.25) is 4.79 Å². The maximum Gasteiger partial charge on any atom is 0.238 e. The van der Waals surface area contributed by atoms with E-state index in [0.717, 1.165) is 32.1 Å². The molecule has 90 valence electrons. The molecule has 4 rings (SSSR count). The zero-order valence-corrected chi connectivity index (χ0v) is 9.42. The lowest BCUT2D eigenvalue weighted by atomic mass is 9.48. The third-order valence-electron chi connectivity index (χ3n) is 5.01. The van der Waals surface area contributed by atoms with Gasteiger partial charge in [-0.15, -0.1) is 0 Å². The fourth-order valence-electron chi connectivity index (χ4n) is 4.63. The molecule has 1 nitrogen and oxygen atoms in total. The predicted octanol–water partition coefficient (Wildman–Crippen LogP) is 3.43. The van der Waals surface area contributed by atoms with Crippen molar-refractivity contribution in [2.75, 3.05) is 0 Å². The first-order valence-corrected chi connectivity index (χ1v) is 6.40. The Morgan fingerprint density at radius 3 is 2.38 bits per heavy atom. The van der Waals surface area contributed by atoms with E-state index in [2.05, 4.69) is 0 Å². The van der Waals surface area contributed by atoms with Crippen molar-refractivity contribution in [3.8, 4) is 0 Å². The highest BCUT2D eigenvalue weighted by molar-refractivity contribution is 5.85. The van der Waals surface area contributed by atoms with Crippen molar-refractivity contribution < 1.29 is 13.6 Å². The number of hydrogen-bond donors (Lipinski definition) is 0. The van der Waals surface area contributed by atoms with Gasteiger partial charge in [-0.1, -0.05) is 0 Å². The summed E-state index contributed by atoms with van der Waals surface area (Å²) in [5.74, 6) is 1.56. The third kappa shape index (κ3) is 1.59. The summed E-state index contributed by atoms with van der Waals surface area (Å²) >= 11 is 0. The van der Waals surface area contributed by atoms with Crippen LogP contribution in [0.3, 0.4) is 0 Å². The number of halogens is 2. The lowest BCUT2D eigenvalue weighted by Crippen LogP contribution is -2.51. The average Bonchev–Trinajstić information content (AvgIpc) is 2.22. The standard InChI is InChI=1S/C13H18F2O/c14-11(15)1-2-13-5-8-3-9(6-13)12(16)10(4-8)7-13/h8-11H,1-7H2. The Hall–Kier alpha value is -0.470. The van der Waals surface area contributed by atoms with Crippen LogP contribution in [0.1, 0.15) is 44.9 Å². The molecular formula is C13H18F2O. The number of Topliss-reactive ketones (excluding diaryl/α,β-unsaturated/α-hetero) is 1. The fraction of sp³-hybridized carbons (Fsp3) is 0.923. The van der Waals surface area contributed by atoms with Gasteiger partial charge in [0.15, 0.2) is 0 Å². The quantitative estimate of drug-likeness (QED) is 0.723. The van der Waals surface area contributed by atoms with Crippen molar-refractivity contribution in [3.63, 3.8) is 0 Å². The smallest absolute Gasteiger partial charge is 0.238 e. The van der Waals surface area contributed by atoms with Crippen LogP contribution >= 0.6 is 0 Å². The zero-order valence-electron chi connectivity index (χ0n) is 9.42. The van der Waals surface area contributed by atoms with E-state index in [1.807, 2.05) is 0 Å². The molecule has 0 N–H and O–H groups in total. The topological polar surface area (TPSA) is 17.1 Å². The van der Waals surface area contributed by atoms with Gasteiger partial charge in [0.1, 0.15) is 5.78 Å². The van der Waals surface area contributed by atoms with Crippen molar-refractivity contribution in [1.82, 2.24) is 0 Å². The molecule has 4 aliphatic rings. The van der Waals surface area contributed by atoms with Gasteiger partial charge >= 0.3 is 0 Å². The second-order valence-corrected chi connectivity index (χ2v) is 6.18. The van der Waals surface area contributed by atoms with Crippen LogP contribution in [-0.4, -0.2) is 12.2 Å². The van der Waals surface area contributed by atoms with E-state index in [4.69, 9.17) is 0 Å². The van der Waals surface area contributed by atoms with E-state index in [0.29, 0.717) is 18.1 Å². The molecule has 0 saturated heterocycles. The van der Waals surface area contributed by atoms with Crippen LogP contribution in [0.2, 0.25) is 0 Å². The van der Waals surface area contributed by atoms with Crippen LogP contribution in [0.15, 0.2) is 0 Å². The minimum Gasteiger partial charge on any atom is -0.299 e. The first-order valence-electron chi connectivity index (χ1n) is 6.40. The molecule has 16 heavy (non-hydrogen) atoms. The van der Waals surface area contributed by atoms with E-state index in [9.17, 15) is 13.6 Å². The number of rotatable bonds is 3. The Bertz CT molecular complexity index is 295. The molecule has 0 heterocycles. The molecule has 4 aliphatic carbocycles. The van der Waals surface area contributed by atoms with Crippen molar-refractivity contribution in [2.24, 2.45) is 23.2 Å². The van der Waals surface area contributed by atoms with Crippen molar-refractivity contribution in [3.05, 3.63) is 0 Å². The highest BCUT2D eigenvalue weighted by Crippen LogP contribution is 2.60. The van der Waals surface area contributed by atoms with E-state index in [1.54, 1.807) is 0 Å². The summed E-state index contributed by atoms with van der Waals surface area (Å²) in [5, 5.41) is 0. The molecular weight excluding hydrogens is 210 g/mol. The summed E-state index contributed by atoms with van der Waals surface area (Å²) in [6, 6.07) is 0. The monoisotopic (exact) mass is 228 g/mol. The van der Waals surface area contributed by atoms with Crippen LogP contribution < -0.4 is 0 Å². The number of carbonyl (C=O) groups is 1. The lowest BCUT2D eigenvalue weighted by molar-refractivity contribution is -0.148. The Labute approximate surface area is 94.6 Å². The summed E-state index contributed by atoms with van der Waals surface area (Å²) in [7, 11) is 0. The van der Waals surface area contributed by atoms with Gasteiger partial charge in [-0.25, -0.2) is 8.78 Å². The third-order valence-corrected chi connectivity index (χ3v) is 5.01. The maximum atomic E-state index is 12.3. The first-order chi connectivity index (χ1) is 7.58. The van der Waals surface area contributed by atoms with Crippen LogP contribution in [0.5, 0.6) is 0 Å². The summed E-state index contributed by atoms with van der Waals surface area (Å²) in [6.45, 7) is 0. The molecule has 0 aromatic rings. The molecule has 4 bridgehead atoms. The Balaban J connectivity index is 1.75. The second-order valence-electron chi connectivity index (χ2n) is 6.18. The predicted molar refractivity (Wildman–Crippen MR) is 56.2 cm³/mol. The van der Waals surface area contributed by atoms with Crippen LogP contribution in [0.25, 0.3) is 0 Å². The van der Waals surface area contributed by atoms with E-state index >= 15 is 0 Å². The first kappa shape index (κ1) is 10.7. The molecule has 4 fully saturated rings. The van der Waals surface area contributed by atoms with Gasteiger partial charge < -0.3 is 0 Å². The van der Waals surface area contributed by atoms with E-state index in [1.165, 1.54) is 0 Å². The van der Waals surface area contributed by atoms with Gasteiger partial charge in [0.2, 0.25) is 6.43 Å². The summed E-state index contributed by atoms with van der Waals surface area (Å²) in [5.41, 5.74) is 0.112. The van der Waals surface area contributed by atoms with Gasteiger partial charge in [-0.2, -0.15) is 0 Å². The maximum absolute atomic E-state index is 12.3. The Morgan fingerprint density at radius 1 is 1.19 bits per heavy atom. The van der Waals surface area contributed by atoms with Gasteiger partial charge in [-0.05, 0) is 49.9 Å². The highest BCUT2D eigenvalue weighted by atomic mass is 19.3. The summed E-state index contributed by atoms with van der Waals surface area (Å²) < 4.78 is 24.7.